The zero-order valence-corrected chi connectivity index (χ0v) is 17.3. The van der Waals surface area contributed by atoms with E-state index < -0.39 is 17.6 Å². The number of rotatable bonds is 6. The Morgan fingerprint density at radius 2 is 2.00 bits per heavy atom. The van der Waals surface area contributed by atoms with Crippen molar-refractivity contribution < 1.29 is 22.7 Å². The largest absolute Gasteiger partial charge is 0.416 e. The summed E-state index contributed by atoms with van der Waals surface area (Å²) in [6, 6.07) is 3.76. The number of primary amides is 1. The van der Waals surface area contributed by atoms with Gasteiger partial charge in [0, 0.05) is 26.3 Å². The number of alkyl halides is 3. The van der Waals surface area contributed by atoms with Crippen molar-refractivity contribution in [1.29, 1.82) is 0 Å². The van der Waals surface area contributed by atoms with Crippen LogP contribution < -0.4 is 5.73 Å². The average molecular weight is 435 g/mol. The fraction of sp³-hybridized carbons (Fsp3) is 0.429. The third-order valence-electron chi connectivity index (χ3n) is 4.88. The van der Waals surface area contributed by atoms with E-state index in [9.17, 15) is 18.0 Å². The molecule has 2 aromatic heterocycles. The first-order valence-electron chi connectivity index (χ1n) is 9.82. The molecule has 10 heteroatoms. The lowest BCUT2D eigenvalue weighted by Gasteiger charge is -2.09. The molecule has 1 saturated carbocycles. The standard InChI is InChI=1S/C15H17F3N2O.C6H7N3O/c1-21-7-6-20-13-5-4-11(15(16,17)18)9-12(13)19-14(20)8-10-2-3-10;1-4-2-9-5(3-8-4)6(7)10/h4-5,9-10H,2-3,6-8H2,1H3;2-3H,1H3,(H2,7,10). The molecule has 0 saturated heterocycles. The van der Waals surface area contributed by atoms with E-state index in [4.69, 9.17) is 10.5 Å². The first kappa shape index (κ1) is 22.7. The summed E-state index contributed by atoms with van der Waals surface area (Å²) < 4.78 is 45.4. The molecule has 3 aromatic rings. The van der Waals surface area contributed by atoms with E-state index in [2.05, 4.69) is 15.0 Å². The average Bonchev–Trinajstić information content (AvgIpc) is 3.46. The molecule has 0 atom stereocenters. The summed E-state index contributed by atoms with van der Waals surface area (Å²) in [5.74, 6) is 0.946. The number of amides is 1. The Morgan fingerprint density at radius 3 is 2.55 bits per heavy atom. The Bertz CT molecular complexity index is 1040. The Kier molecular flexibility index (Phi) is 6.89. The highest BCUT2D eigenvalue weighted by molar-refractivity contribution is 5.90. The van der Waals surface area contributed by atoms with Crippen LogP contribution in [0.3, 0.4) is 0 Å². The Hall–Kier alpha value is -3.01. The molecule has 4 rings (SSSR count). The number of methoxy groups -OCH3 is 1. The van der Waals surface area contributed by atoms with Crippen LogP contribution >= 0.6 is 0 Å². The van der Waals surface area contributed by atoms with Gasteiger partial charge >= 0.3 is 6.18 Å². The van der Waals surface area contributed by atoms with Gasteiger partial charge in [0.2, 0.25) is 0 Å². The number of nitrogens with zero attached hydrogens (tertiary/aromatic N) is 4. The summed E-state index contributed by atoms with van der Waals surface area (Å²) >= 11 is 0. The van der Waals surface area contributed by atoms with Crippen molar-refractivity contribution in [2.45, 2.75) is 38.9 Å². The summed E-state index contributed by atoms with van der Waals surface area (Å²) in [6.07, 6.45) is 1.72. The van der Waals surface area contributed by atoms with E-state index >= 15 is 0 Å². The number of carbonyl (C=O) groups excluding carboxylic acids is 1. The molecule has 1 aliphatic carbocycles. The van der Waals surface area contributed by atoms with Crippen LogP contribution in [0.15, 0.2) is 30.6 Å². The van der Waals surface area contributed by atoms with Gasteiger partial charge in [0.1, 0.15) is 11.5 Å². The van der Waals surface area contributed by atoms with Crippen LogP contribution in [0, 0.1) is 12.8 Å². The lowest BCUT2D eigenvalue weighted by atomic mass is 10.2. The molecule has 0 bridgehead atoms. The van der Waals surface area contributed by atoms with Crippen LogP contribution in [0.2, 0.25) is 0 Å². The molecule has 0 spiro atoms. The van der Waals surface area contributed by atoms with Crippen molar-refractivity contribution in [3.8, 4) is 0 Å². The topological polar surface area (TPSA) is 95.9 Å². The fourth-order valence-electron chi connectivity index (χ4n) is 3.04. The molecule has 2 N–H and O–H groups in total. The molecule has 0 aliphatic heterocycles. The molecule has 1 aliphatic rings. The normalized spacial score (nSPS) is 13.7. The maximum Gasteiger partial charge on any atom is 0.416 e. The van der Waals surface area contributed by atoms with Crippen molar-refractivity contribution in [3.05, 3.63) is 53.4 Å². The van der Waals surface area contributed by atoms with Gasteiger partial charge in [-0.05, 0) is 43.9 Å². The van der Waals surface area contributed by atoms with Gasteiger partial charge in [0.05, 0.1) is 35.1 Å². The van der Waals surface area contributed by atoms with E-state index in [1.807, 2.05) is 4.57 Å². The van der Waals surface area contributed by atoms with Crippen LogP contribution in [0.25, 0.3) is 11.0 Å². The number of carbonyl (C=O) groups is 1. The maximum atomic E-state index is 12.8. The smallest absolute Gasteiger partial charge is 0.383 e. The van der Waals surface area contributed by atoms with E-state index in [1.54, 1.807) is 14.0 Å². The Morgan fingerprint density at radius 1 is 1.26 bits per heavy atom. The first-order valence-corrected chi connectivity index (χ1v) is 9.82. The second-order valence-corrected chi connectivity index (χ2v) is 7.43. The molecule has 0 radical (unpaired) electrons. The number of fused-ring (bicyclic) bond motifs is 1. The van der Waals surface area contributed by atoms with Crippen LogP contribution in [-0.4, -0.2) is 39.1 Å². The number of imidazole rings is 1. The summed E-state index contributed by atoms with van der Waals surface area (Å²) in [5.41, 5.74) is 6.40. The number of aryl methyl sites for hydroxylation is 1. The number of hydrogen-bond acceptors (Lipinski definition) is 5. The van der Waals surface area contributed by atoms with Crippen LogP contribution in [0.1, 0.15) is 40.4 Å². The van der Waals surface area contributed by atoms with Crippen LogP contribution in [0.4, 0.5) is 13.2 Å². The lowest BCUT2D eigenvalue weighted by molar-refractivity contribution is -0.137. The predicted molar refractivity (Wildman–Crippen MR) is 108 cm³/mol. The summed E-state index contributed by atoms with van der Waals surface area (Å²) in [4.78, 5) is 22.4. The van der Waals surface area contributed by atoms with Gasteiger partial charge in [0.15, 0.2) is 0 Å². The molecule has 2 heterocycles. The SMILES string of the molecule is COCCn1c(CC2CC2)nc2cc(C(F)(F)F)ccc21.Cc1cnc(C(N)=O)cn1. The summed E-state index contributed by atoms with van der Waals surface area (Å²) in [7, 11) is 1.61. The highest BCUT2D eigenvalue weighted by atomic mass is 19.4. The lowest BCUT2D eigenvalue weighted by Crippen LogP contribution is -2.13. The van der Waals surface area contributed by atoms with Crippen LogP contribution in [-0.2, 0) is 23.9 Å². The van der Waals surface area contributed by atoms with E-state index in [1.165, 1.54) is 31.3 Å². The number of halogens is 3. The molecule has 31 heavy (non-hydrogen) atoms. The minimum atomic E-state index is -4.33. The van der Waals surface area contributed by atoms with E-state index in [-0.39, 0.29) is 5.69 Å². The zero-order valence-electron chi connectivity index (χ0n) is 17.3. The minimum Gasteiger partial charge on any atom is -0.383 e. The monoisotopic (exact) mass is 435 g/mol. The Balaban J connectivity index is 0.000000229. The van der Waals surface area contributed by atoms with Gasteiger partial charge in [0.25, 0.3) is 5.91 Å². The molecule has 7 nitrogen and oxygen atoms in total. The first-order chi connectivity index (χ1) is 14.7. The van der Waals surface area contributed by atoms with Crippen molar-refractivity contribution in [2.24, 2.45) is 11.7 Å². The third kappa shape index (κ3) is 6.00. The van der Waals surface area contributed by atoms with Crippen molar-refractivity contribution in [2.75, 3.05) is 13.7 Å². The zero-order chi connectivity index (χ0) is 22.6. The van der Waals surface area contributed by atoms with Gasteiger partial charge < -0.3 is 15.0 Å². The van der Waals surface area contributed by atoms with Gasteiger partial charge in [-0.3, -0.25) is 9.78 Å². The highest BCUT2D eigenvalue weighted by Gasteiger charge is 2.31. The van der Waals surface area contributed by atoms with Gasteiger partial charge in [-0.1, -0.05) is 0 Å². The third-order valence-corrected chi connectivity index (χ3v) is 4.88. The van der Waals surface area contributed by atoms with E-state index in [0.29, 0.717) is 24.6 Å². The minimum absolute atomic E-state index is 0.200. The molecule has 1 aromatic carbocycles. The molecule has 1 amide bonds. The van der Waals surface area contributed by atoms with Crippen molar-refractivity contribution >= 4 is 16.9 Å². The number of ether oxygens (including phenoxy) is 1. The predicted octanol–water partition coefficient (Wildman–Crippen LogP) is 3.54. The number of nitrogens with two attached hydrogens (primary N) is 1. The number of hydrogen-bond donors (Lipinski definition) is 1. The number of benzene rings is 1. The van der Waals surface area contributed by atoms with Crippen molar-refractivity contribution in [3.63, 3.8) is 0 Å². The molecule has 166 valence electrons. The second-order valence-electron chi connectivity index (χ2n) is 7.43. The van der Waals surface area contributed by atoms with Gasteiger partial charge in [-0.25, -0.2) is 9.97 Å². The summed E-state index contributed by atoms with van der Waals surface area (Å²) in [5, 5.41) is 0. The highest BCUT2D eigenvalue weighted by Crippen LogP contribution is 2.35. The maximum absolute atomic E-state index is 12.8. The Labute approximate surface area is 177 Å². The van der Waals surface area contributed by atoms with Crippen LogP contribution in [0.5, 0.6) is 0 Å². The van der Waals surface area contributed by atoms with Crippen molar-refractivity contribution in [1.82, 2.24) is 19.5 Å². The molecule has 1 fully saturated rings. The molecular weight excluding hydrogens is 411 g/mol. The summed E-state index contributed by atoms with van der Waals surface area (Å²) in [6.45, 7) is 2.92. The van der Waals surface area contributed by atoms with E-state index in [0.717, 1.165) is 35.6 Å². The quantitative estimate of drug-likeness (QED) is 0.639. The van der Waals surface area contributed by atoms with Gasteiger partial charge in [-0.2, -0.15) is 13.2 Å². The van der Waals surface area contributed by atoms with Gasteiger partial charge in [-0.15, -0.1) is 0 Å². The molecule has 0 unspecified atom stereocenters. The fourth-order valence-corrected chi connectivity index (χ4v) is 3.04. The second kappa shape index (κ2) is 9.42. The molecular formula is C21H24F3N5O2. The number of aromatic nitrogens is 4.